The van der Waals surface area contributed by atoms with Crippen LogP contribution in [0.2, 0.25) is 0 Å². The van der Waals surface area contributed by atoms with Gasteiger partial charge in [-0.1, -0.05) is 0 Å². The summed E-state index contributed by atoms with van der Waals surface area (Å²) in [5.74, 6) is -0.269. The molecule has 1 aromatic heterocycles. The topological polar surface area (TPSA) is 102 Å². The van der Waals surface area contributed by atoms with E-state index in [1.807, 2.05) is 24.3 Å². The number of carbonyl (C=O) groups excluding carboxylic acids is 1. The Morgan fingerprint density at radius 2 is 1.96 bits per heavy atom. The van der Waals surface area contributed by atoms with Crippen molar-refractivity contribution in [2.45, 2.75) is 12.8 Å². The molecule has 28 heavy (non-hydrogen) atoms. The number of fused-ring (bicyclic) bond motifs is 1. The number of H-pyrrole nitrogens is 1. The first-order chi connectivity index (χ1) is 13.6. The second-order valence-corrected chi connectivity index (χ2v) is 7.02. The number of anilines is 1. The maximum absolute atomic E-state index is 12.4. The minimum atomic E-state index is -0.526. The Balaban J connectivity index is 1.30. The van der Waals surface area contributed by atoms with E-state index in [0.717, 1.165) is 31.6 Å². The molecule has 7 nitrogen and oxygen atoms in total. The van der Waals surface area contributed by atoms with E-state index in [4.69, 9.17) is 9.68 Å². The average molecular weight is 376 g/mol. The van der Waals surface area contributed by atoms with Crippen LogP contribution in [0.3, 0.4) is 0 Å². The number of hydrogen-bond acceptors (Lipinski definition) is 5. The highest BCUT2D eigenvalue weighted by Crippen LogP contribution is 2.23. The monoisotopic (exact) mass is 376 g/mol. The number of nitrogens with zero attached hydrogens (tertiary/aromatic N) is 2. The van der Waals surface area contributed by atoms with Crippen molar-refractivity contribution in [3.05, 3.63) is 64.1 Å². The van der Waals surface area contributed by atoms with E-state index in [1.54, 1.807) is 18.2 Å². The van der Waals surface area contributed by atoms with E-state index < -0.39 is 5.76 Å². The van der Waals surface area contributed by atoms with E-state index in [0.29, 0.717) is 34.7 Å². The number of benzene rings is 2. The van der Waals surface area contributed by atoms with E-state index in [1.165, 1.54) is 0 Å². The molecule has 1 amide bonds. The zero-order chi connectivity index (χ0) is 19.5. The maximum atomic E-state index is 12.4. The third kappa shape index (κ3) is 3.76. The van der Waals surface area contributed by atoms with Gasteiger partial charge in [0.25, 0.3) is 5.91 Å². The van der Waals surface area contributed by atoms with Crippen LogP contribution in [0.25, 0.3) is 11.1 Å². The van der Waals surface area contributed by atoms with Gasteiger partial charge in [0.2, 0.25) is 0 Å². The number of aromatic amines is 1. The number of amides is 1. The average Bonchev–Trinajstić information content (AvgIpc) is 3.11. The Labute approximate surface area is 161 Å². The fraction of sp³-hybridized carbons (Fsp3) is 0.286. The van der Waals surface area contributed by atoms with Crippen molar-refractivity contribution >= 4 is 22.7 Å². The van der Waals surface area contributed by atoms with Crippen LogP contribution < -0.4 is 16.0 Å². The van der Waals surface area contributed by atoms with Crippen molar-refractivity contribution in [1.29, 1.82) is 5.26 Å². The highest BCUT2D eigenvalue weighted by atomic mass is 16.4. The van der Waals surface area contributed by atoms with Gasteiger partial charge in [0.1, 0.15) is 0 Å². The molecule has 1 saturated heterocycles. The van der Waals surface area contributed by atoms with Crippen molar-refractivity contribution in [3.8, 4) is 6.07 Å². The molecule has 1 aliphatic heterocycles. The van der Waals surface area contributed by atoms with Gasteiger partial charge < -0.3 is 14.6 Å². The van der Waals surface area contributed by atoms with Crippen LogP contribution in [-0.4, -0.2) is 30.5 Å². The number of rotatable bonds is 4. The number of nitriles is 1. The summed E-state index contributed by atoms with van der Waals surface area (Å²) in [5.41, 5.74) is 3.23. The molecule has 3 aromatic rings. The van der Waals surface area contributed by atoms with Crippen LogP contribution in [-0.2, 0) is 0 Å². The summed E-state index contributed by atoms with van der Waals surface area (Å²) in [6, 6.07) is 14.7. The number of hydrogen-bond donors (Lipinski definition) is 2. The van der Waals surface area contributed by atoms with E-state index >= 15 is 0 Å². The normalized spacial score (nSPS) is 14.8. The molecule has 1 aliphatic rings. The predicted octanol–water partition coefficient (Wildman–Crippen LogP) is 2.64. The SMILES string of the molecule is N#Cc1ccc(N2CCC(CNC(=O)c3ccc4[nH]c(=O)oc4c3)CC2)cc1. The molecule has 142 valence electrons. The molecule has 1 fully saturated rings. The molecule has 7 heteroatoms. The maximum Gasteiger partial charge on any atom is 0.417 e. The highest BCUT2D eigenvalue weighted by Gasteiger charge is 2.20. The van der Waals surface area contributed by atoms with Crippen LogP contribution in [0.1, 0.15) is 28.8 Å². The molecule has 0 bridgehead atoms. The van der Waals surface area contributed by atoms with Crippen molar-refractivity contribution in [2.24, 2.45) is 5.92 Å². The fourth-order valence-corrected chi connectivity index (χ4v) is 3.57. The van der Waals surface area contributed by atoms with Gasteiger partial charge in [0, 0.05) is 30.9 Å². The van der Waals surface area contributed by atoms with E-state index in [9.17, 15) is 9.59 Å². The van der Waals surface area contributed by atoms with Gasteiger partial charge in [0.05, 0.1) is 17.1 Å². The fourth-order valence-electron chi connectivity index (χ4n) is 3.57. The number of piperidine rings is 1. The summed E-state index contributed by atoms with van der Waals surface area (Å²) in [7, 11) is 0. The third-order valence-electron chi connectivity index (χ3n) is 5.21. The first kappa shape index (κ1) is 17.9. The van der Waals surface area contributed by atoms with Gasteiger partial charge >= 0.3 is 5.76 Å². The zero-order valence-corrected chi connectivity index (χ0v) is 15.3. The molecule has 2 N–H and O–H groups in total. The smallest absolute Gasteiger partial charge is 0.408 e. The van der Waals surface area contributed by atoms with Gasteiger partial charge in [-0.05, 0) is 61.2 Å². The van der Waals surface area contributed by atoms with Gasteiger partial charge in [-0.3, -0.25) is 9.78 Å². The minimum Gasteiger partial charge on any atom is -0.408 e. The van der Waals surface area contributed by atoms with Crippen LogP contribution in [0.5, 0.6) is 0 Å². The molecule has 0 atom stereocenters. The van der Waals surface area contributed by atoms with Gasteiger partial charge in [-0.2, -0.15) is 5.26 Å². The van der Waals surface area contributed by atoms with Gasteiger partial charge in [0.15, 0.2) is 5.58 Å². The lowest BCUT2D eigenvalue weighted by atomic mass is 9.96. The summed E-state index contributed by atoms with van der Waals surface area (Å²) < 4.78 is 5.01. The highest BCUT2D eigenvalue weighted by molar-refractivity contribution is 5.96. The van der Waals surface area contributed by atoms with E-state index in [2.05, 4.69) is 21.3 Å². The Morgan fingerprint density at radius 3 is 2.68 bits per heavy atom. The molecule has 4 rings (SSSR count). The van der Waals surface area contributed by atoms with Crippen LogP contribution in [0, 0.1) is 17.2 Å². The molecular formula is C21H20N4O3. The summed E-state index contributed by atoms with van der Waals surface area (Å²) in [5, 5.41) is 11.9. The first-order valence-corrected chi connectivity index (χ1v) is 9.28. The second kappa shape index (κ2) is 7.61. The van der Waals surface area contributed by atoms with Crippen LogP contribution >= 0.6 is 0 Å². The molecule has 0 unspecified atom stereocenters. The lowest BCUT2D eigenvalue weighted by Gasteiger charge is -2.33. The number of oxazole rings is 1. The lowest BCUT2D eigenvalue weighted by molar-refractivity contribution is 0.0945. The number of aromatic nitrogens is 1. The van der Waals surface area contributed by atoms with Gasteiger partial charge in [-0.25, -0.2) is 4.79 Å². The summed E-state index contributed by atoms with van der Waals surface area (Å²) >= 11 is 0. The van der Waals surface area contributed by atoms with Crippen molar-refractivity contribution < 1.29 is 9.21 Å². The Bertz CT molecular complexity index is 1080. The standard InChI is InChI=1S/C21H20N4O3/c22-12-14-1-4-17(5-2-14)25-9-7-15(8-10-25)13-23-20(26)16-3-6-18-19(11-16)28-21(27)24-18/h1-6,11,15H,7-10,13H2,(H,23,26)(H,24,27). The third-order valence-corrected chi connectivity index (χ3v) is 5.21. The summed E-state index contributed by atoms with van der Waals surface area (Å²) in [4.78, 5) is 28.5. The largest absolute Gasteiger partial charge is 0.417 e. The quantitative estimate of drug-likeness (QED) is 0.729. The molecule has 2 heterocycles. The predicted molar refractivity (Wildman–Crippen MR) is 105 cm³/mol. The molecule has 0 radical (unpaired) electrons. The Kier molecular flexibility index (Phi) is 4.85. The molecule has 0 spiro atoms. The minimum absolute atomic E-state index is 0.166. The number of carbonyl (C=O) groups is 1. The molecular weight excluding hydrogens is 356 g/mol. The Morgan fingerprint density at radius 1 is 1.21 bits per heavy atom. The van der Waals surface area contributed by atoms with Crippen LogP contribution in [0.15, 0.2) is 51.7 Å². The number of nitrogens with one attached hydrogen (secondary N) is 2. The second-order valence-electron chi connectivity index (χ2n) is 7.02. The van der Waals surface area contributed by atoms with Crippen molar-refractivity contribution in [2.75, 3.05) is 24.5 Å². The lowest BCUT2D eigenvalue weighted by Crippen LogP contribution is -2.38. The van der Waals surface area contributed by atoms with Crippen molar-refractivity contribution in [1.82, 2.24) is 10.3 Å². The molecule has 0 aliphatic carbocycles. The molecule has 2 aromatic carbocycles. The van der Waals surface area contributed by atoms with Crippen molar-refractivity contribution in [3.63, 3.8) is 0 Å². The Hall–Kier alpha value is -3.53. The van der Waals surface area contributed by atoms with Crippen LogP contribution in [0.4, 0.5) is 5.69 Å². The van der Waals surface area contributed by atoms with Gasteiger partial charge in [-0.15, -0.1) is 0 Å². The first-order valence-electron chi connectivity index (χ1n) is 9.28. The summed E-state index contributed by atoms with van der Waals surface area (Å²) in [6.45, 7) is 2.47. The van der Waals surface area contributed by atoms with E-state index in [-0.39, 0.29) is 5.91 Å². The molecule has 0 saturated carbocycles. The summed E-state index contributed by atoms with van der Waals surface area (Å²) in [6.07, 6.45) is 1.98. The zero-order valence-electron chi connectivity index (χ0n) is 15.3.